The van der Waals surface area contributed by atoms with Crippen molar-refractivity contribution < 1.29 is 0 Å². The third kappa shape index (κ3) is 5.24. The van der Waals surface area contributed by atoms with Gasteiger partial charge in [0.25, 0.3) is 0 Å². The molecule has 0 bridgehead atoms. The van der Waals surface area contributed by atoms with Crippen LogP contribution in [0.3, 0.4) is 0 Å². The maximum atomic E-state index is 2.49. The number of nitrogens with zero attached hydrogens (tertiary/aromatic N) is 2. The first-order chi connectivity index (χ1) is 28.7. The Morgan fingerprint density at radius 3 is 1.45 bits per heavy atom. The first kappa shape index (κ1) is 34.1. The molecule has 0 saturated carbocycles. The Balaban J connectivity index is 1.13. The third-order valence-electron chi connectivity index (χ3n) is 12.1. The van der Waals surface area contributed by atoms with Crippen LogP contribution in [0.2, 0.25) is 0 Å². The summed E-state index contributed by atoms with van der Waals surface area (Å²) in [6.07, 6.45) is 0. The summed E-state index contributed by atoms with van der Waals surface area (Å²) in [7, 11) is -2.74. The highest BCUT2D eigenvalue weighted by Crippen LogP contribution is 2.39. The van der Waals surface area contributed by atoms with Crippen molar-refractivity contribution in [1.82, 2.24) is 9.13 Å². The molecule has 0 N–H and O–H groups in total. The maximum absolute atomic E-state index is 2.74. The topological polar surface area (TPSA) is 9.86 Å². The Hall–Kier alpha value is -7.20. The number of rotatable bonds is 7. The van der Waals surface area contributed by atoms with E-state index >= 15 is 0 Å². The van der Waals surface area contributed by atoms with Gasteiger partial charge in [-0.15, -0.1) is 0 Å². The van der Waals surface area contributed by atoms with E-state index in [9.17, 15) is 0 Å². The SMILES string of the molecule is Cc1ccc([Si](c2ccccc2)(c2ccccc2)c2cccc(-c3ccccc3-n3c4ccccc4c4cc(-n5c6ccccc6c6ccccc65)ccc43)c2)cc1. The smallest absolute Gasteiger partial charge is 0.179 e. The fourth-order valence-electron chi connectivity index (χ4n) is 9.57. The maximum Gasteiger partial charge on any atom is 0.179 e. The first-order valence-electron chi connectivity index (χ1n) is 20.1. The van der Waals surface area contributed by atoms with E-state index < -0.39 is 8.07 Å². The molecule has 0 aliphatic heterocycles. The summed E-state index contributed by atoms with van der Waals surface area (Å²) in [5.74, 6) is 0. The molecule has 2 heterocycles. The zero-order chi connectivity index (χ0) is 38.6. The lowest BCUT2D eigenvalue weighted by molar-refractivity contribution is 1.17. The Labute approximate surface area is 339 Å². The van der Waals surface area contributed by atoms with Crippen molar-refractivity contribution in [3.8, 4) is 22.5 Å². The van der Waals surface area contributed by atoms with Gasteiger partial charge in [-0.05, 0) is 75.7 Å². The molecule has 58 heavy (non-hydrogen) atoms. The summed E-state index contributed by atoms with van der Waals surface area (Å²) >= 11 is 0. The summed E-state index contributed by atoms with van der Waals surface area (Å²) in [6, 6.07) is 83.4. The zero-order valence-corrected chi connectivity index (χ0v) is 33.3. The third-order valence-corrected chi connectivity index (χ3v) is 16.9. The molecule has 0 aliphatic rings. The summed E-state index contributed by atoms with van der Waals surface area (Å²) in [6.45, 7) is 2.18. The summed E-state index contributed by atoms with van der Waals surface area (Å²) < 4.78 is 4.89. The fraction of sp³-hybridized carbons (Fsp3) is 0.0182. The normalized spacial score (nSPS) is 11.9. The Kier molecular flexibility index (Phi) is 8.09. The number of hydrogen-bond donors (Lipinski definition) is 0. The average Bonchev–Trinajstić information content (AvgIpc) is 3.81. The van der Waals surface area contributed by atoms with Gasteiger partial charge >= 0.3 is 0 Å². The van der Waals surface area contributed by atoms with Gasteiger partial charge < -0.3 is 9.13 Å². The van der Waals surface area contributed by atoms with Crippen LogP contribution >= 0.6 is 0 Å². The van der Waals surface area contributed by atoms with E-state index in [1.807, 2.05) is 0 Å². The van der Waals surface area contributed by atoms with Gasteiger partial charge in [-0.2, -0.15) is 0 Å². The summed E-state index contributed by atoms with van der Waals surface area (Å²) in [5.41, 5.74) is 10.8. The molecule has 0 aliphatic carbocycles. The number of aromatic nitrogens is 2. The number of fused-ring (bicyclic) bond motifs is 6. The minimum absolute atomic E-state index is 1.16. The van der Waals surface area contributed by atoms with Crippen molar-refractivity contribution in [2.75, 3.05) is 0 Å². The highest BCUT2D eigenvalue weighted by atomic mass is 28.3. The van der Waals surface area contributed by atoms with Crippen molar-refractivity contribution in [3.63, 3.8) is 0 Å². The van der Waals surface area contributed by atoms with E-state index in [0.717, 1.165) is 11.4 Å². The van der Waals surface area contributed by atoms with Gasteiger partial charge in [-0.1, -0.05) is 188 Å². The van der Waals surface area contributed by atoms with Crippen LogP contribution in [-0.2, 0) is 0 Å². The summed E-state index contributed by atoms with van der Waals surface area (Å²) in [4.78, 5) is 0. The quantitative estimate of drug-likeness (QED) is 0.113. The van der Waals surface area contributed by atoms with Crippen molar-refractivity contribution in [1.29, 1.82) is 0 Å². The second-order valence-electron chi connectivity index (χ2n) is 15.4. The van der Waals surface area contributed by atoms with E-state index in [2.05, 4.69) is 241 Å². The molecule has 2 nitrogen and oxygen atoms in total. The molecule has 11 aromatic rings. The highest BCUT2D eigenvalue weighted by Gasteiger charge is 2.41. The van der Waals surface area contributed by atoms with Crippen LogP contribution in [0.15, 0.2) is 224 Å². The first-order valence-corrected chi connectivity index (χ1v) is 22.1. The second kappa shape index (κ2) is 13.8. The number of para-hydroxylation sites is 4. The largest absolute Gasteiger partial charge is 0.309 e. The zero-order valence-electron chi connectivity index (χ0n) is 32.3. The molecule has 274 valence electrons. The van der Waals surface area contributed by atoms with Crippen LogP contribution in [0, 0.1) is 6.92 Å². The molecule has 0 amide bonds. The van der Waals surface area contributed by atoms with Crippen LogP contribution in [0.25, 0.3) is 66.1 Å². The van der Waals surface area contributed by atoms with Gasteiger partial charge in [-0.25, -0.2) is 0 Å². The molecular weight excluding hydrogens is 717 g/mol. The minimum Gasteiger partial charge on any atom is -0.309 e. The minimum atomic E-state index is -2.74. The van der Waals surface area contributed by atoms with Gasteiger partial charge in [0.15, 0.2) is 8.07 Å². The molecule has 0 unspecified atom stereocenters. The van der Waals surface area contributed by atoms with Gasteiger partial charge in [0.05, 0.1) is 27.8 Å². The van der Waals surface area contributed by atoms with Crippen LogP contribution in [0.5, 0.6) is 0 Å². The van der Waals surface area contributed by atoms with Crippen molar-refractivity contribution in [2.45, 2.75) is 6.92 Å². The number of benzene rings is 9. The molecule has 0 radical (unpaired) electrons. The molecule has 11 rings (SSSR count). The van der Waals surface area contributed by atoms with Crippen molar-refractivity contribution >= 4 is 72.4 Å². The average molecular weight is 757 g/mol. The van der Waals surface area contributed by atoms with Gasteiger partial charge in [-0.3, -0.25) is 0 Å². The van der Waals surface area contributed by atoms with Crippen LogP contribution in [0.1, 0.15) is 5.56 Å². The standard InChI is InChI=1S/C55H40N2Si/c1-39-31-34-44(35-32-39)58(42-18-4-2-5-19-42,43-20-6-3-7-21-43)45-22-16-17-40(37-45)46-23-8-12-27-51(46)57-54-30-15-11-26-49(54)50-38-41(33-36-55(50)57)56-52-28-13-9-24-47(52)48-25-10-14-29-53(48)56/h2-38H,1H3. The monoisotopic (exact) mass is 756 g/mol. The van der Waals surface area contributed by atoms with Gasteiger partial charge in [0, 0.05) is 32.8 Å². The van der Waals surface area contributed by atoms with Crippen molar-refractivity contribution in [2.24, 2.45) is 0 Å². The molecule has 0 saturated heterocycles. The molecule has 9 aromatic carbocycles. The molecule has 2 aromatic heterocycles. The van der Waals surface area contributed by atoms with Gasteiger partial charge in [0.1, 0.15) is 0 Å². The molecule has 0 atom stereocenters. The van der Waals surface area contributed by atoms with E-state index in [1.165, 1.54) is 81.0 Å². The fourth-order valence-corrected chi connectivity index (χ4v) is 14.3. The van der Waals surface area contributed by atoms with Crippen LogP contribution < -0.4 is 20.7 Å². The lowest BCUT2D eigenvalue weighted by atomic mass is 10.0. The van der Waals surface area contributed by atoms with Crippen LogP contribution in [-0.4, -0.2) is 17.2 Å². The Morgan fingerprint density at radius 1 is 0.328 bits per heavy atom. The van der Waals surface area contributed by atoms with E-state index in [4.69, 9.17) is 0 Å². The van der Waals surface area contributed by atoms with E-state index in [-0.39, 0.29) is 0 Å². The lowest BCUT2D eigenvalue weighted by Gasteiger charge is -2.35. The molecule has 0 fully saturated rings. The van der Waals surface area contributed by atoms with Crippen LogP contribution in [0.4, 0.5) is 0 Å². The second-order valence-corrected chi connectivity index (χ2v) is 19.2. The lowest BCUT2D eigenvalue weighted by Crippen LogP contribution is -2.74. The Bertz CT molecular complexity index is 3190. The Morgan fingerprint density at radius 2 is 0.810 bits per heavy atom. The highest BCUT2D eigenvalue weighted by molar-refractivity contribution is 7.19. The molecular formula is C55H40N2Si. The van der Waals surface area contributed by atoms with E-state index in [1.54, 1.807) is 0 Å². The number of aryl methyl sites for hydroxylation is 1. The molecule has 0 spiro atoms. The predicted molar refractivity (Wildman–Crippen MR) is 249 cm³/mol. The number of hydrogen-bond acceptors (Lipinski definition) is 0. The molecule has 3 heteroatoms. The predicted octanol–water partition coefficient (Wildman–Crippen LogP) is 11.2. The van der Waals surface area contributed by atoms with E-state index in [0.29, 0.717) is 0 Å². The van der Waals surface area contributed by atoms with Crippen molar-refractivity contribution in [3.05, 3.63) is 230 Å². The van der Waals surface area contributed by atoms with Gasteiger partial charge in [0.2, 0.25) is 0 Å². The summed E-state index contributed by atoms with van der Waals surface area (Å²) in [5, 5.41) is 10.5.